The van der Waals surface area contributed by atoms with Gasteiger partial charge in [0.25, 0.3) is 0 Å². The van der Waals surface area contributed by atoms with Crippen LogP contribution in [-0.4, -0.2) is 18.4 Å². The summed E-state index contributed by atoms with van der Waals surface area (Å²) < 4.78 is 6.00. The highest BCUT2D eigenvalue weighted by Crippen LogP contribution is 2.28. The number of hydrogen-bond donors (Lipinski definition) is 1. The maximum Gasteiger partial charge on any atom is 0.165 e. The first-order valence-electron chi connectivity index (χ1n) is 9.10. The summed E-state index contributed by atoms with van der Waals surface area (Å²) in [7, 11) is 0. The molecule has 23 heavy (non-hydrogen) atoms. The van der Waals surface area contributed by atoms with Crippen LogP contribution in [0.15, 0.2) is 30.3 Å². The summed E-state index contributed by atoms with van der Waals surface area (Å²) in [6.07, 6.45) is 8.30. The van der Waals surface area contributed by atoms with Gasteiger partial charge < -0.3 is 10.5 Å². The van der Waals surface area contributed by atoms with E-state index in [2.05, 4.69) is 0 Å². The van der Waals surface area contributed by atoms with Crippen molar-refractivity contribution in [3.8, 4) is 0 Å². The third-order valence-corrected chi connectivity index (χ3v) is 5.01. The molecule has 1 aliphatic rings. The molecule has 0 aliphatic heterocycles. The number of hydrogen-bond acceptors (Lipinski definition) is 3. The quantitative estimate of drug-likeness (QED) is 0.746. The number of Topliss-reactive ketones (excluding diaryl/α,β-unsaturated/α-hetero) is 1. The van der Waals surface area contributed by atoms with Crippen LogP contribution in [0.1, 0.15) is 57.4 Å². The monoisotopic (exact) mass is 317 g/mol. The molecule has 0 amide bonds. The normalized spacial score (nSPS) is 18.5. The van der Waals surface area contributed by atoms with Gasteiger partial charge in [-0.2, -0.15) is 0 Å². The zero-order valence-corrected chi connectivity index (χ0v) is 14.4. The molecule has 0 aromatic heterocycles. The Morgan fingerprint density at radius 3 is 2.57 bits per heavy atom. The van der Waals surface area contributed by atoms with Crippen LogP contribution < -0.4 is 5.73 Å². The highest BCUT2D eigenvalue weighted by molar-refractivity contribution is 5.85. The number of ketones is 1. The molecule has 0 saturated heterocycles. The third-order valence-electron chi connectivity index (χ3n) is 5.01. The number of ether oxygens (including phenoxy) is 1. The lowest BCUT2D eigenvalue weighted by molar-refractivity contribution is -0.135. The largest absolute Gasteiger partial charge is 0.366 e. The third kappa shape index (κ3) is 6.08. The summed E-state index contributed by atoms with van der Waals surface area (Å²) in [5, 5.41) is 0. The zero-order chi connectivity index (χ0) is 16.5. The molecule has 1 fully saturated rings. The van der Waals surface area contributed by atoms with Crippen molar-refractivity contribution >= 4 is 5.78 Å². The molecule has 2 rings (SSSR count). The lowest BCUT2D eigenvalue weighted by Gasteiger charge is -2.25. The molecular weight excluding hydrogens is 286 g/mol. The summed E-state index contributed by atoms with van der Waals surface area (Å²) >= 11 is 0. The number of carbonyl (C=O) groups is 1. The molecule has 0 radical (unpaired) electrons. The number of nitrogens with two attached hydrogens (primary N) is 1. The Hall–Kier alpha value is -1.19. The highest BCUT2D eigenvalue weighted by atomic mass is 16.5. The summed E-state index contributed by atoms with van der Waals surface area (Å²) in [6.45, 7) is 2.80. The van der Waals surface area contributed by atoms with Crippen LogP contribution in [0, 0.1) is 11.8 Å². The van der Waals surface area contributed by atoms with Crippen LogP contribution in [0.3, 0.4) is 0 Å². The molecule has 2 N–H and O–H groups in total. The second kappa shape index (κ2) is 9.84. The van der Waals surface area contributed by atoms with Gasteiger partial charge in [-0.05, 0) is 24.3 Å². The predicted molar refractivity (Wildman–Crippen MR) is 94.1 cm³/mol. The molecular formula is C20H31NO2. The van der Waals surface area contributed by atoms with E-state index in [9.17, 15) is 4.79 Å². The van der Waals surface area contributed by atoms with Gasteiger partial charge in [-0.15, -0.1) is 0 Å². The van der Waals surface area contributed by atoms with Crippen LogP contribution >= 0.6 is 0 Å². The second-order valence-electron chi connectivity index (χ2n) is 6.91. The van der Waals surface area contributed by atoms with Crippen molar-refractivity contribution in [2.45, 2.75) is 64.6 Å². The van der Waals surface area contributed by atoms with Crippen LogP contribution in [0.2, 0.25) is 0 Å². The Bertz CT molecular complexity index is 454. The lowest BCUT2D eigenvalue weighted by Crippen LogP contribution is -2.33. The fourth-order valence-electron chi connectivity index (χ4n) is 3.38. The second-order valence-corrected chi connectivity index (χ2v) is 6.91. The molecule has 128 valence electrons. The van der Waals surface area contributed by atoms with E-state index < -0.39 is 0 Å². The van der Waals surface area contributed by atoms with E-state index in [1.54, 1.807) is 0 Å². The first kappa shape index (κ1) is 18.2. The predicted octanol–water partition coefficient (Wildman–Crippen LogP) is 4.10. The van der Waals surface area contributed by atoms with Gasteiger partial charge >= 0.3 is 0 Å². The van der Waals surface area contributed by atoms with Crippen molar-refractivity contribution in [2.75, 3.05) is 6.54 Å². The van der Waals surface area contributed by atoms with E-state index in [1.807, 2.05) is 37.3 Å². The Labute approximate surface area is 140 Å². The number of rotatable bonds is 9. The average Bonchev–Trinajstić information content (AvgIpc) is 2.62. The van der Waals surface area contributed by atoms with Crippen molar-refractivity contribution in [1.29, 1.82) is 0 Å². The van der Waals surface area contributed by atoms with E-state index in [1.165, 1.54) is 32.1 Å². The van der Waals surface area contributed by atoms with Gasteiger partial charge in [-0.3, -0.25) is 4.79 Å². The van der Waals surface area contributed by atoms with E-state index in [0.717, 1.165) is 24.3 Å². The van der Waals surface area contributed by atoms with Gasteiger partial charge in [0.1, 0.15) is 6.10 Å². The van der Waals surface area contributed by atoms with Crippen molar-refractivity contribution in [2.24, 2.45) is 17.6 Å². The summed E-state index contributed by atoms with van der Waals surface area (Å²) in [4.78, 5) is 12.6. The first-order valence-corrected chi connectivity index (χ1v) is 9.10. The molecule has 0 spiro atoms. The summed E-state index contributed by atoms with van der Waals surface area (Å²) in [6, 6.07) is 10.1. The molecule has 3 nitrogen and oxygen atoms in total. The number of carbonyl (C=O) groups excluding carboxylic acids is 1. The van der Waals surface area contributed by atoms with Gasteiger partial charge in [0, 0.05) is 12.5 Å². The van der Waals surface area contributed by atoms with Gasteiger partial charge in [-0.1, -0.05) is 69.4 Å². The highest BCUT2D eigenvalue weighted by Gasteiger charge is 2.25. The Kier molecular flexibility index (Phi) is 7.77. The molecule has 2 unspecified atom stereocenters. The van der Waals surface area contributed by atoms with Crippen LogP contribution in [0.4, 0.5) is 0 Å². The van der Waals surface area contributed by atoms with Crippen molar-refractivity contribution in [1.82, 2.24) is 0 Å². The average molecular weight is 317 g/mol. The standard InChI is InChI=1S/C20H31NO2/c1-16(14-21)20(22)19(13-12-17-8-4-2-5-9-17)23-15-18-10-6-3-7-11-18/h3,6-7,10-11,16-17,19H,2,4-5,8-9,12-15,21H2,1H3. The van der Waals surface area contributed by atoms with E-state index in [0.29, 0.717) is 13.2 Å². The Balaban J connectivity index is 1.89. The minimum atomic E-state index is -0.310. The minimum Gasteiger partial charge on any atom is -0.366 e. The maximum absolute atomic E-state index is 12.6. The minimum absolute atomic E-state index is 0.123. The molecule has 1 aromatic carbocycles. The van der Waals surface area contributed by atoms with E-state index in [4.69, 9.17) is 10.5 Å². The molecule has 1 aliphatic carbocycles. The summed E-state index contributed by atoms with van der Waals surface area (Å²) in [5.41, 5.74) is 6.79. The molecule has 1 aromatic rings. The molecule has 1 saturated carbocycles. The molecule has 0 heterocycles. The Morgan fingerprint density at radius 1 is 1.22 bits per heavy atom. The first-order chi connectivity index (χ1) is 11.2. The lowest BCUT2D eigenvalue weighted by atomic mass is 9.84. The summed E-state index contributed by atoms with van der Waals surface area (Å²) in [5.74, 6) is 0.814. The van der Waals surface area contributed by atoms with Crippen LogP contribution in [-0.2, 0) is 16.1 Å². The van der Waals surface area contributed by atoms with Gasteiger partial charge in [-0.25, -0.2) is 0 Å². The van der Waals surface area contributed by atoms with Crippen molar-refractivity contribution in [3.05, 3.63) is 35.9 Å². The van der Waals surface area contributed by atoms with Gasteiger partial charge in [0.2, 0.25) is 0 Å². The molecule has 3 heteroatoms. The van der Waals surface area contributed by atoms with Crippen LogP contribution in [0.25, 0.3) is 0 Å². The van der Waals surface area contributed by atoms with Gasteiger partial charge in [0.15, 0.2) is 5.78 Å². The topological polar surface area (TPSA) is 52.3 Å². The fraction of sp³-hybridized carbons (Fsp3) is 0.650. The van der Waals surface area contributed by atoms with Gasteiger partial charge in [0.05, 0.1) is 6.61 Å². The molecule has 2 atom stereocenters. The molecule has 0 bridgehead atoms. The zero-order valence-electron chi connectivity index (χ0n) is 14.4. The maximum atomic E-state index is 12.6. The fourth-order valence-corrected chi connectivity index (χ4v) is 3.38. The Morgan fingerprint density at radius 2 is 1.91 bits per heavy atom. The van der Waals surface area contributed by atoms with Crippen molar-refractivity contribution < 1.29 is 9.53 Å². The smallest absolute Gasteiger partial charge is 0.165 e. The SMILES string of the molecule is CC(CN)C(=O)C(CCC1CCCCC1)OCc1ccccc1. The number of benzene rings is 1. The van der Waals surface area contributed by atoms with Crippen LogP contribution in [0.5, 0.6) is 0 Å². The van der Waals surface area contributed by atoms with E-state index >= 15 is 0 Å². The van der Waals surface area contributed by atoms with E-state index in [-0.39, 0.29) is 17.8 Å². The van der Waals surface area contributed by atoms with Crippen molar-refractivity contribution in [3.63, 3.8) is 0 Å².